The molecule has 0 spiro atoms. The molecule has 5 rings (SSSR count). The third kappa shape index (κ3) is 3.11. The van der Waals surface area contributed by atoms with E-state index in [1.54, 1.807) is 7.11 Å². The first-order chi connectivity index (χ1) is 14.4. The topological polar surface area (TPSA) is 55.4 Å². The monoisotopic (exact) mass is 415 g/mol. The van der Waals surface area contributed by atoms with Gasteiger partial charge in [-0.05, 0) is 85.9 Å². The van der Waals surface area contributed by atoms with Crippen LogP contribution in [0.5, 0.6) is 0 Å². The van der Waals surface area contributed by atoms with Crippen molar-refractivity contribution >= 4 is 11.8 Å². The van der Waals surface area contributed by atoms with Crippen LogP contribution >= 0.6 is 0 Å². The predicted molar refractivity (Wildman–Crippen MR) is 117 cm³/mol. The zero-order valence-electron chi connectivity index (χ0n) is 19.3. The van der Waals surface area contributed by atoms with Gasteiger partial charge >= 0.3 is 5.97 Å². The largest absolute Gasteiger partial charge is 0.469 e. The van der Waals surface area contributed by atoms with Crippen LogP contribution in [-0.2, 0) is 14.3 Å². The van der Waals surface area contributed by atoms with Gasteiger partial charge in [-0.1, -0.05) is 26.7 Å². The van der Waals surface area contributed by atoms with E-state index >= 15 is 0 Å². The van der Waals surface area contributed by atoms with Gasteiger partial charge in [-0.2, -0.15) is 0 Å². The standard InChI is InChI=1S/C26H41NO3/c1-25-13-12-18(28)14-16(25)8-9-19-20-10-11-21(24(29)30-3)26(20,2)15-22(23(19)25)27-17-6-4-5-7-17/h16-17,19-23,27H,4-15H2,1-3H3/t16-,19-,20-,21+,22+,23+,25-,26-/m0/s1. The lowest BCUT2D eigenvalue weighted by Gasteiger charge is -2.63. The molecule has 0 radical (unpaired) electrons. The molecular formula is C26H41NO3. The van der Waals surface area contributed by atoms with Crippen molar-refractivity contribution in [1.29, 1.82) is 0 Å². The summed E-state index contributed by atoms with van der Waals surface area (Å²) < 4.78 is 5.27. The molecule has 5 fully saturated rings. The molecule has 0 heterocycles. The van der Waals surface area contributed by atoms with Crippen molar-refractivity contribution in [3.8, 4) is 0 Å². The van der Waals surface area contributed by atoms with Gasteiger partial charge in [-0.15, -0.1) is 0 Å². The van der Waals surface area contributed by atoms with Gasteiger partial charge in [0.15, 0.2) is 0 Å². The van der Waals surface area contributed by atoms with Crippen LogP contribution in [0.25, 0.3) is 0 Å². The number of rotatable bonds is 3. The van der Waals surface area contributed by atoms with Crippen LogP contribution in [0.3, 0.4) is 0 Å². The first-order valence-corrected chi connectivity index (χ1v) is 12.7. The Bertz CT molecular complexity index is 700. The summed E-state index contributed by atoms with van der Waals surface area (Å²) in [7, 11) is 1.56. The molecule has 0 bridgehead atoms. The zero-order valence-corrected chi connectivity index (χ0v) is 19.3. The van der Waals surface area contributed by atoms with Gasteiger partial charge in [-0.3, -0.25) is 9.59 Å². The maximum Gasteiger partial charge on any atom is 0.309 e. The summed E-state index contributed by atoms with van der Waals surface area (Å²) in [5.74, 6) is 3.09. The zero-order chi connectivity index (χ0) is 21.1. The molecule has 0 aliphatic heterocycles. The van der Waals surface area contributed by atoms with Crippen LogP contribution in [0.2, 0.25) is 0 Å². The van der Waals surface area contributed by atoms with E-state index in [2.05, 4.69) is 19.2 Å². The Morgan fingerprint density at radius 2 is 1.80 bits per heavy atom. The minimum absolute atomic E-state index is 0.0150. The van der Waals surface area contributed by atoms with E-state index in [4.69, 9.17) is 4.74 Å². The lowest BCUT2D eigenvalue weighted by atomic mass is 9.43. The molecule has 0 aromatic heterocycles. The highest BCUT2D eigenvalue weighted by Crippen LogP contribution is 2.67. The summed E-state index contributed by atoms with van der Waals surface area (Å²) in [6, 6.07) is 1.12. The quantitative estimate of drug-likeness (QED) is 0.666. The molecule has 4 heteroatoms. The summed E-state index contributed by atoms with van der Waals surface area (Å²) in [4.78, 5) is 25.0. The summed E-state index contributed by atoms with van der Waals surface area (Å²) >= 11 is 0. The fourth-order valence-corrected chi connectivity index (χ4v) is 9.31. The van der Waals surface area contributed by atoms with Crippen LogP contribution in [0.1, 0.15) is 90.9 Å². The first-order valence-electron chi connectivity index (χ1n) is 12.7. The number of nitrogens with one attached hydrogen (secondary N) is 1. The number of carbonyl (C=O) groups excluding carboxylic acids is 2. The van der Waals surface area contributed by atoms with Crippen molar-refractivity contribution in [2.24, 2.45) is 40.4 Å². The number of fused-ring (bicyclic) bond motifs is 5. The second-order valence-electron chi connectivity index (χ2n) is 11.9. The third-order valence-electron chi connectivity index (χ3n) is 10.7. The molecule has 0 unspecified atom stereocenters. The van der Waals surface area contributed by atoms with Crippen LogP contribution in [0.15, 0.2) is 0 Å². The Kier molecular flexibility index (Phi) is 5.31. The lowest BCUT2D eigenvalue weighted by Crippen LogP contribution is -2.63. The van der Waals surface area contributed by atoms with Crippen molar-refractivity contribution < 1.29 is 14.3 Å². The highest BCUT2D eigenvalue weighted by atomic mass is 16.5. The average molecular weight is 416 g/mol. The second-order valence-corrected chi connectivity index (χ2v) is 11.9. The summed E-state index contributed by atoms with van der Waals surface area (Å²) in [5, 5.41) is 4.16. The molecule has 8 atom stereocenters. The van der Waals surface area contributed by atoms with Gasteiger partial charge in [0.2, 0.25) is 0 Å². The smallest absolute Gasteiger partial charge is 0.309 e. The third-order valence-corrected chi connectivity index (χ3v) is 10.7. The number of hydrogen-bond donors (Lipinski definition) is 1. The van der Waals surface area contributed by atoms with E-state index in [1.807, 2.05) is 0 Å². The van der Waals surface area contributed by atoms with Gasteiger partial charge in [0.05, 0.1) is 13.0 Å². The minimum atomic E-state index is 0.0150. The number of hydrogen-bond acceptors (Lipinski definition) is 4. The first kappa shape index (κ1) is 21.0. The van der Waals surface area contributed by atoms with E-state index in [1.165, 1.54) is 44.9 Å². The second kappa shape index (κ2) is 7.60. The van der Waals surface area contributed by atoms with Gasteiger partial charge in [0.25, 0.3) is 0 Å². The molecule has 5 aliphatic rings. The minimum Gasteiger partial charge on any atom is -0.469 e. The highest BCUT2D eigenvalue weighted by molar-refractivity contribution is 5.79. The van der Waals surface area contributed by atoms with E-state index in [0.29, 0.717) is 41.5 Å². The van der Waals surface area contributed by atoms with E-state index in [-0.39, 0.29) is 22.7 Å². The van der Waals surface area contributed by atoms with E-state index in [0.717, 1.165) is 32.1 Å². The molecule has 0 amide bonds. The van der Waals surface area contributed by atoms with Gasteiger partial charge < -0.3 is 10.1 Å². The van der Waals surface area contributed by atoms with Crippen molar-refractivity contribution in [3.05, 3.63) is 0 Å². The summed E-state index contributed by atoms with van der Waals surface area (Å²) in [5.41, 5.74) is 0.329. The Morgan fingerprint density at radius 3 is 2.53 bits per heavy atom. The Morgan fingerprint density at radius 1 is 1.03 bits per heavy atom. The van der Waals surface area contributed by atoms with E-state index in [9.17, 15) is 9.59 Å². The molecule has 0 aromatic carbocycles. The Balaban J connectivity index is 1.50. The Hall–Kier alpha value is -0.900. The Labute approximate surface area is 182 Å². The van der Waals surface area contributed by atoms with Crippen LogP contribution in [0.4, 0.5) is 0 Å². The molecule has 5 saturated carbocycles. The number of Topliss-reactive ketones (excluding diaryl/α,β-unsaturated/α-hetero) is 1. The van der Waals surface area contributed by atoms with Crippen LogP contribution < -0.4 is 5.32 Å². The number of carbonyl (C=O) groups is 2. The fraction of sp³-hybridized carbons (Fsp3) is 0.923. The van der Waals surface area contributed by atoms with Gasteiger partial charge in [0, 0.05) is 24.9 Å². The molecule has 30 heavy (non-hydrogen) atoms. The van der Waals surface area contributed by atoms with Crippen molar-refractivity contribution in [3.63, 3.8) is 0 Å². The van der Waals surface area contributed by atoms with Gasteiger partial charge in [0.1, 0.15) is 5.78 Å². The molecule has 168 valence electrons. The number of ether oxygens (including phenoxy) is 1. The maximum absolute atomic E-state index is 12.7. The van der Waals surface area contributed by atoms with Crippen molar-refractivity contribution in [2.75, 3.05) is 7.11 Å². The van der Waals surface area contributed by atoms with Crippen molar-refractivity contribution in [2.45, 2.75) is 103 Å². The maximum atomic E-state index is 12.7. The number of methoxy groups -OCH3 is 1. The van der Waals surface area contributed by atoms with Crippen LogP contribution in [0, 0.1) is 40.4 Å². The lowest BCUT2D eigenvalue weighted by molar-refractivity contribution is -0.161. The average Bonchev–Trinajstić information content (AvgIpc) is 3.34. The molecular weight excluding hydrogens is 374 g/mol. The summed E-state index contributed by atoms with van der Waals surface area (Å²) in [6.45, 7) is 4.93. The summed E-state index contributed by atoms with van der Waals surface area (Å²) in [6.07, 6.45) is 13.7. The molecule has 1 N–H and O–H groups in total. The van der Waals surface area contributed by atoms with E-state index < -0.39 is 0 Å². The van der Waals surface area contributed by atoms with Gasteiger partial charge in [-0.25, -0.2) is 0 Å². The fourth-order valence-electron chi connectivity index (χ4n) is 9.31. The molecule has 0 aromatic rings. The van der Waals surface area contributed by atoms with Crippen molar-refractivity contribution in [1.82, 2.24) is 5.32 Å². The number of esters is 1. The SMILES string of the molecule is COC(=O)[C@H]1CC[C@H]2[C@@H]3CC[C@H]4CC(=O)CC[C@]4(C)[C@H]3[C@H](NC3CCCC3)C[C@]12C. The van der Waals surface area contributed by atoms with Crippen LogP contribution in [-0.4, -0.2) is 30.9 Å². The normalized spacial score (nSPS) is 48.7. The number of ketones is 1. The highest BCUT2D eigenvalue weighted by Gasteiger charge is 2.64. The molecule has 4 nitrogen and oxygen atoms in total. The molecule has 0 saturated heterocycles. The molecule has 5 aliphatic carbocycles. The predicted octanol–water partition coefficient (Wildman–Crippen LogP) is 4.90.